The van der Waals surface area contributed by atoms with Gasteiger partial charge in [0.05, 0.1) is 0 Å². The fourth-order valence-corrected chi connectivity index (χ4v) is 3.86. The average molecular weight is 543 g/mol. The van der Waals surface area contributed by atoms with E-state index in [0.29, 0.717) is 37.7 Å². The largest absolute Gasteiger partial charge is 0.491 e. The Kier molecular flexibility index (Phi) is 11.7. The molecule has 210 valence electrons. The molecular formula is C32H38N4O4. The molecule has 4 aromatic rings. The van der Waals surface area contributed by atoms with Crippen LogP contribution in [0.4, 0.5) is 22.7 Å². The number of aliphatic hydroxyl groups is 2. The molecule has 0 fully saturated rings. The maximum atomic E-state index is 10.2. The van der Waals surface area contributed by atoms with E-state index in [4.69, 9.17) is 9.47 Å². The molecule has 8 nitrogen and oxygen atoms in total. The first-order chi connectivity index (χ1) is 19.6. The van der Waals surface area contributed by atoms with Crippen LogP contribution in [0.25, 0.3) is 0 Å². The Labute approximate surface area is 236 Å². The zero-order valence-electron chi connectivity index (χ0n) is 22.5. The van der Waals surface area contributed by atoms with Crippen LogP contribution in [0.2, 0.25) is 0 Å². The lowest BCUT2D eigenvalue weighted by molar-refractivity contribution is 0.103. The normalized spacial score (nSPS) is 12.3. The van der Waals surface area contributed by atoms with Crippen LogP contribution in [0.3, 0.4) is 0 Å². The van der Waals surface area contributed by atoms with Crippen LogP contribution in [-0.4, -0.2) is 61.8 Å². The van der Waals surface area contributed by atoms with Gasteiger partial charge < -0.3 is 41.0 Å². The van der Waals surface area contributed by atoms with Crippen LogP contribution in [0.15, 0.2) is 109 Å². The molecule has 2 unspecified atom stereocenters. The van der Waals surface area contributed by atoms with Gasteiger partial charge in [0, 0.05) is 48.9 Å². The molecule has 0 radical (unpaired) electrons. The van der Waals surface area contributed by atoms with Crippen molar-refractivity contribution >= 4 is 22.7 Å². The monoisotopic (exact) mass is 542 g/mol. The maximum Gasteiger partial charge on any atom is 0.119 e. The second kappa shape index (κ2) is 16.1. The van der Waals surface area contributed by atoms with Gasteiger partial charge in [-0.25, -0.2) is 0 Å². The zero-order chi connectivity index (χ0) is 27.8. The van der Waals surface area contributed by atoms with Crippen LogP contribution < -0.4 is 30.7 Å². The molecule has 0 saturated carbocycles. The minimum Gasteiger partial charge on any atom is -0.491 e. The molecule has 8 heteroatoms. The van der Waals surface area contributed by atoms with Gasteiger partial charge in [-0.2, -0.15) is 0 Å². The zero-order valence-corrected chi connectivity index (χ0v) is 22.5. The smallest absolute Gasteiger partial charge is 0.119 e. The Bertz CT molecular complexity index is 1130. The summed E-state index contributed by atoms with van der Waals surface area (Å²) in [6.07, 6.45) is -1.26. The van der Waals surface area contributed by atoms with Crippen molar-refractivity contribution in [2.45, 2.75) is 12.2 Å². The van der Waals surface area contributed by atoms with Gasteiger partial charge in [0.2, 0.25) is 0 Å². The number of aliphatic hydroxyl groups excluding tert-OH is 2. The third-order valence-electron chi connectivity index (χ3n) is 5.96. The SMILES string of the molecule is OC(CNCCNCC(O)COc1ccc(Nc2ccccc2)cc1)COc1ccc(Nc2ccccc2)cc1. The van der Waals surface area contributed by atoms with E-state index in [0.717, 1.165) is 22.7 Å². The summed E-state index contributed by atoms with van der Waals surface area (Å²) in [5, 5.41) is 33.4. The summed E-state index contributed by atoms with van der Waals surface area (Å²) in [4.78, 5) is 0. The standard InChI is InChI=1S/C32H38N4O4/c37-29(23-39-31-15-11-27(12-16-31)35-25-7-3-1-4-8-25)21-33-19-20-34-22-30(38)24-40-32-17-13-28(14-18-32)36-26-9-5-2-6-10-26/h1-18,29-30,33-38H,19-24H2. The minimum atomic E-state index is -0.629. The Morgan fingerprint density at radius 1 is 0.475 bits per heavy atom. The highest BCUT2D eigenvalue weighted by atomic mass is 16.5. The number of benzene rings is 4. The van der Waals surface area contributed by atoms with Crippen molar-refractivity contribution in [3.8, 4) is 11.5 Å². The van der Waals surface area contributed by atoms with Crippen LogP contribution in [0.1, 0.15) is 0 Å². The van der Waals surface area contributed by atoms with Gasteiger partial charge >= 0.3 is 0 Å². The number of nitrogens with one attached hydrogen (secondary N) is 4. The Morgan fingerprint density at radius 3 is 1.20 bits per heavy atom. The van der Waals surface area contributed by atoms with E-state index in [1.54, 1.807) is 0 Å². The van der Waals surface area contributed by atoms with E-state index in [1.165, 1.54) is 0 Å². The number of hydrogen-bond donors (Lipinski definition) is 6. The quantitative estimate of drug-likeness (QED) is 0.108. The van der Waals surface area contributed by atoms with Crippen molar-refractivity contribution in [2.24, 2.45) is 0 Å². The van der Waals surface area contributed by atoms with Gasteiger partial charge in [-0.05, 0) is 72.8 Å². The van der Waals surface area contributed by atoms with E-state index < -0.39 is 12.2 Å². The highest BCUT2D eigenvalue weighted by Gasteiger charge is 2.07. The van der Waals surface area contributed by atoms with Crippen molar-refractivity contribution in [3.05, 3.63) is 109 Å². The lowest BCUT2D eigenvalue weighted by Gasteiger charge is -2.15. The van der Waals surface area contributed by atoms with Crippen LogP contribution in [0.5, 0.6) is 11.5 Å². The maximum absolute atomic E-state index is 10.2. The van der Waals surface area contributed by atoms with E-state index in [1.807, 2.05) is 109 Å². The molecule has 40 heavy (non-hydrogen) atoms. The Balaban J connectivity index is 1.01. The molecule has 0 heterocycles. The van der Waals surface area contributed by atoms with Crippen molar-refractivity contribution in [2.75, 3.05) is 50.0 Å². The fraction of sp³-hybridized carbons (Fsp3) is 0.250. The number of hydrogen-bond acceptors (Lipinski definition) is 8. The van der Waals surface area contributed by atoms with Gasteiger partial charge in [0.25, 0.3) is 0 Å². The molecule has 2 atom stereocenters. The lowest BCUT2D eigenvalue weighted by atomic mass is 10.2. The molecule has 0 aliphatic heterocycles. The summed E-state index contributed by atoms with van der Waals surface area (Å²) in [7, 11) is 0. The first-order valence-corrected chi connectivity index (χ1v) is 13.5. The summed E-state index contributed by atoms with van der Waals surface area (Å²) in [6.45, 7) is 2.53. The van der Waals surface area contributed by atoms with Crippen molar-refractivity contribution in [3.63, 3.8) is 0 Å². The van der Waals surface area contributed by atoms with Gasteiger partial charge in [-0.1, -0.05) is 36.4 Å². The Morgan fingerprint density at radius 2 is 0.825 bits per heavy atom. The molecule has 4 rings (SSSR count). The Hall–Kier alpha value is -4.08. The number of anilines is 4. The van der Waals surface area contributed by atoms with Gasteiger partial charge in [0.1, 0.15) is 36.9 Å². The molecule has 0 bridgehead atoms. The number of rotatable bonds is 17. The van der Waals surface area contributed by atoms with E-state index in [2.05, 4.69) is 21.3 Å². The summed E-state index contributed by atoms with van der Waals surface area (Å²) in [5.74, 6) is 1.41. The van der Waals surface area contributed by atoms with Crippen molar-refractivity contribution in [1.82, 2.24) is 10.6 Å². The summed E-state index contributed by atoms with van der Waals surface area (Å²) in [5.41, 5.74) is 3.98. The minimum absolute atomic E-state index is 0.200. The molecule has 4 aromatic carbocycles. The molecule has 0 aliphatic rings. The van der Waals surface area contributed by atoms with Crippen LogP contribution >= 0.6 is 0 Å². The predicted molar refractivity (Wildman–Crippen MR) is 161 cm³/mol. The van der Waals surface area contributed by atoms with E-state index in [9.17, 15) is 10.2 Å². The summed E-state index contributed by atoms with van der Waals surface area (Å²) < 4.78 is 11.4. The number of ether oxygens (including phenoxy) is 2. The van der Waals surface area contributed by atoms with E-state index in [-0.39, 0.29) is 13.2 Å². The lowest BCUT2D eigenvalue weighted by Crippen LogP contribution is -2.38. The van der Waals surface area contributed by atoms with Crippen LogP contribution in [-0.2, 0) is 0 Å². The third kappa shape index (κ3) is 10.6. The molecule has 0 aromatic heterocycles. The van der Waals surface area contributed by atoms with Crippen molar-refractivity contribution < 1.29 is 19.7 Å². The molecule has 6 N–H and O–H groups in total. The van der Waals surface area contributed by atoms with Gasteiger partial charge in [-0.3, -0.25) is 0 Å². The second-order valence-corrected chi connectivity index (χ2v) is 9.37. The molecule has 0 amide bonds. The van der Waals surface area contributed by atoms with Gasteiger partial charge in [0.15, 0.2) is 0 Å². The van der Waals surface area contributed by atoms with Gasteiger partial charge in [-0.15, -0.1) is 0 Å². The number of para-hydroxylation sites is 2. The average Bonchev–Trinajstić information content (AvgIpc) is 2.99. The fourth-order valence-electron chi connectivity index (χ4n) is 3.86. The molecule has 0 aliphatic carbocycles. The molecular weight excluding hydrogens is 504 g/mol. The first-order valence-electron chi connectivity index (χ1n) is 13.5. The van der Waals surface area contributed by atoms with Crippen LogP contribution in [0, 0.1) is 0 Å². The summed E-state index contributed by atoms with van der Waals surface area (Å²) >= 11 is 0. The van der Waals surface area contributed by atoms with Crippen molar-refractivity contribution in [1.29, 1.82) is 0 Å². The topological polar surface area (TPSA) is 107 Å². The third-order valence-corrected chi connectivity index (χ3v) is 5.96. The summed E-state index contributed by atoms with van der Waals surface area (Å²) in [6, 6.07) is 35.2. The van der Waals surface area contributed by atoms with E-state index >= 15 is 0 Å². The molecule has 0 spiro atoms. The predicted octanol–water partition coefficient (Wildman–Crippen LogP) is 4.53. The highest BCUT2D eigenvalue weighted by molar-refractivity contribution is 5.61. The highest BCUT2D eigenvalue weighted by Crippen LogP contribution is 2.21. The first kappa shape index (κ1) is 28.9. The second-order valence-electron chi connectivity index (χ2n) is 9.37. The molecule has 0 saturated heterocycles.